The molecule has 1 aliphatic heterocycles. The average Bonchev–Trinajstić information content (AvgIpc) is 3.08. The van der Waals surface area contributed by atoms with Gasteiger partial charge in [0.2, 0.25) is 0 Å². The van der Waals surface area contributed by atoms with Crippen LogP contribution < -0.4 is 0 Å². The predicted octanol–water partition coefficient (Wildman–Crippen LogP) is 0.409. The molecular formula is C15H18N4O3. The average molecular weight is 302 g/mol. The minimum absolute atomic E-state index is 0.0921. The minimum Gasteiger partial charge on any atom is -0.394 e. The number of aliphatic hydroxyl groups excluding tert-OH is 1. The van der Waals surface area contributed by atoms with Gasteiger partial charge in [-0.25, -0.2) is 0 Å². The van der Waals surface area contributed by atoms with Gasteiger partial charge in [-0.1, -0.05) is 11.6 Å². The highest BCUT2D eigenvalue weighted by atomic mass is 16.5. The maximum atomic E-state index is 12.8. The van der Waals surface area contributed by atoms with Crippen molar-refractivity contribution in [1.82, 2.24) is 19.9 Å². The number of amides is 1. The van der Waals surface area contributed by atoms with Crippen LogP contribution in [0.25, 0.3) is 5.69 Å². The molecule has 1 saturated heterocycles. The Labute approximate surface area is 128 Å². The van der Waals surface area contributed by atoms with E-state index >= 15 is 0 Å². The first kappa shape index (κ1) is 14.7. The maximum Gasteiger partial charge on any atom is 0.256 e. The third-order valence-electron chi connectivity index (χ3n) is 3.65. The molecule has 22 heavy (non-hydrogen) atoms. The fraction of sp³-hybridized carbons (Fsp3) is 0.400. The molecule has 7 nitrogen and oxygen atoms in total. The van der Waals surface area contributed by atoms with E-state index in [-0.39, 0.29) is 18.6 Å². The summed E-state index contributed by atoms with van der Waals surface area (Å²) in [6.07, 6.45) is 2.82. The van der Waals surface area contributed by atoms with E-state index in [1.165, 1.54) is 4.80 Å². The van der Waals surface area contributed by atoms with Crippen LogP contribution in [0, 0.1) is 6.92 Å². The van der Waals surface area contributed by atoms with Crippen molar-refractivity contribution in [2.24, 2.45) is 0 Å². The van der Waals surface area contributed by atoms with Crippen LogP contribution in [0.5, 0.6) is 0 Å². The highest BCUT2D eigenvalue weighted by molar-refractivity contribution is 5.98. The smallest absolute Gasteiger partial charge is 0.256 e. The Kier molecular flexibility index (Phi) is 4.17. The first-order chi connectivity index (χ1) is 10.7. The summed E-state index contributed by atoms with van der Waals surface area (Å²) < 4.78 is 5.40. The van der Waals surface area contributed by atoms with Crippen molar-refractivity contribution in [2.45, 2.75) is 13.0 Å². The van der Waals surface area contributed by atoms with Crippen molar-refractivity contribution in [3.05, 3.63) is 41.7 Å². The number of carbonyl (C=O) groups excluding carboxylic acids is 1. The van der Waals surface area contributed by atoms with Crippen LogP contribution in [0.2, 0.25) is 0 Å². The zero-order valence-corrected chi connectivity index (χ0v) is 12.3. The summed E-state index contributed by atoms with van der Waals surface area (Å²) in [4.78, 5) is 16.0. The van der Waals surface area contributed by atoms with Crippen LogP contribution in [-0.4, -0.2) is 63.3 Å². The van der Waals surface area contributed by atoms with Crippen LogP contribution in [0.1, 0.15) is 15.9 Å². The lowest BCUT2D eigenvalue weighted by Crippen LogP contribution is -2.47. The molecule has 116 valence electrons. The number of aryl methyl sites for hydroxylation is 1. The Hall–Kier alpha value is -2.25. The lowest BCUT2D eigenvalue weighted by molar-refractivity contribution is -0.0447. The van der Waals surface area contributed by atoms with E-state index in [0.29, 0.717) is 30.9 Å². The van der Waals surface area contributed by atoms with Gasteiger partial charge in [0.05, 0.1) is 43.0 Å². The predicted molar refractivity (Wildman–Crippen MR) is 78.8 cm³/mol. The summed E-state index contributed by atoms with van der Waals surface area (Å²) in [6.45, 7) is 3.17. The Morgan fingerprint density at radius 3 is 2.91 bits per heavy atom. The number of nitrogens with zero attached hydrogens (tertiary/aromatic N) is 4. The molecule has 0 saturated carbocycles. The van der Waals surface area contributed by atoms with Gasteiger partial charge in [-0.05, 0) is 19.1 Å². The van der Waals surface area contributed by atoms with E-state index in [1.54, 1.807) is 17.3 Å². The third-order valence-corrected chi connectivity index (χ3v) is 3.65. The van der Waals surface area contributed by atoms with Crippen molar-refractivity contribution in [1.29, 1.82) is 0 Å². The Bertz CT molecular complexity index is 657. The zero-order chi connectivity index (χ0) is 15.5. The van der Waals surface area contributed by atoms with Crippen LogP contribution in [0.4, 0.5) is 0 Å². The molecule has 1 atom stereocenters. The van der Waals surface area contributed by atoms with E-state index in [0.717, 1.165) is 5.56 Å². The molecule has 1 N–H and O–H groups in total. The zero-order valence-electron chi connectivity index (χ0n) is 12.3. The van der Waals surface area contributed by atoms with Gasteiger partial charge in [-0.15, -0.1) is 0 Å². The second-order valence-corrected chi connectivity index (χ2v) is 5.27. The minimum atomic E-state index is -0.325. The molecule has 2 heterocycles. The van der Waals surface area contributed by atoms with E-state index < -0.39 is 0 Å². The van der Waals surface area contributed by atoms with Gasteiger partial charge in [0.25, 0.3) is 5.91 Å². The van der Waals surface area contributed by atoms with Gasteiger partial charge in [0.15, 0.2) is 0 Å². The first-order valence-electron chi connectivity index (χ1n) is 7.18. The molecule has 0 radical (unpaired) electrons. The second-order valence-electron chi connectivity index (χ2n) is 5.27. The van der Waals surface area contributed by atoms with Crippen molar-refractivity contribution < 1.29 is 14.6 Å². The normalized spacial score (nSPS) is 18.5. The van der Waals surface area contributed by atoms with Gasteiger partial charge >= 0.3 is 0 Å². The van der Waals surface area contributed by atoms with Crippen LogP contribution in [0.15, 0.2) is 30.6 Å². The van der Waals surface area contributed by atoms with Gasteiger partial charge < -0.3 is 14.7 Å². The molecule has 1 aliphatic rings. The molecule has 0 spiro atoms. The molecule has 3 rings (SSSR count). The molecule has 1 fully saturated rings. The number of hydrogen-bond donors (Lipinski definition) is 1. The second kappa shape index (κ2) is 6.25. The number of carbonyl (C=O) groups is 1. The fourth-order valence-electron chi connectivity index (χ4n) is 2.52. The highest BCUT2D eigenvalue weighted by Gasteiger charge is 2.26. The lowest BCUT2D eigenvalue weighted by atomic mass is 10.1. The van der Waals surface area contributed by atoms with Gasteiger partial charge in [0.1, 0.15) is 0 Å². The highest BCUT2D eigenvalue weighted by Crippen LogP contribution is 2.19. The first-order valence-corrected chi connectivity index (χ1v) is 7.18. The Balaban J connectivity index is 1.93. The van der Waals surface area contributed by atoms with E-state index in [1.807, 2.05) is 25.1 Å². The lowest BCUT2D eigenvalue weighted by Gasteiger charge is -2.32. The van der Waals surface area contributed by atoms with Crippen LogP contribution in [0.3, 0.4) is 0 Å². The van der Waals surface area contributed by atoms with Crippen molar-refractivity contribution in [2.75, 3.05) is 26.3 Å². The largest absolute Gasteiger partial charge is 0.394 e. The summed E-state index contributed by atoms with van der Waals surface area (Å²) >= 11 is 0. The van der Waals surface area contributed by atoms with Crippen LogP contribution in [-0.2, 0) is 4.74 Å². The maximum absolute atomic E-state index is 12.8. The van der Waals surface area contributed by atoms with Gasteiger partial charge in [0, 0.05) is 13.1 Å². The summed E-state index contributed by atoms with van der Waals surface area (Å²) in [6, 6.07) is 5.60. The molecule has 1 unspecified atom stereocenters. The third kappa shape index (κ3) is 2.86. The topological polar surface area (TPSA) is 80.5 Å². The molecule has 0 bridgehead atoms. The van der Waals surface area contributed by atoms with Crippen molar-refractivity contribution in [3.63, 3.8) is 0 Å². The van der Waals surface area contributed by atoms with Gasteiger partial charge in [-0.2, -0.15) is 15.0 Å². The van der Waals surface area contributed by atoms with E-state index in [2.05, 4.69) is 10.2 Å². The van der Waals surface area contributed by atoms with E-state index in [9.17, 15) is 9.90 Å². The summed E-state index contributed by atoms with van der Waals surface area (Å²) in [5, 5.41) is 17.4. The SMILES string of the molecule is Cc1ccc(-n2nccn2)c(C(=O)N2CCOC(CO)C2)c1. The monoisotopic (exact) mass is 302 g/mol. The molecule has 2 aromatic rings. The number of benzene rings is 1. The number of rotatable bonds is 3. The molecule has 0 aliphatic carbocycles. The summed E-state index contributed by atoms with van der Waals surface area (Å²) in [5.74, 6) is -0.0993. The number of aromatic nitrogens is 3. The number of aliphatic hydroxyl groups is 1. The molecule has 1 aromatic carbocycles. The Morgan fingerprint density at radius 1 is 1.41 bits per heavy atom. The number of hydrogen-bond acceptors (Lipinski definition) is 5. The Morgan fingerprint density at radius 2 is 2.18 bits per heavy atom. The molecule has 1 aromatic heterocycles. The van der Waals surface area contributed by atoms with Crippen LogP contribution >= 0.6 is 0 Å². The molecular weight excluding hydrogens is 284 g/mol. The quantitative estimate of drug-likeness (QED) is 0.888. The van der Waals surface area contributed by atoms with E-state index in [4.69, 9.17) is 4.74 Å². The van der Waals surface area contributed by atoms with Crippen molar-refractivity contribution in [3.8, 4) is 5.69 Å². The van der Waals surface area contributed by atoms with Crippen molar-refractivity contribution >= 4 is 5.91 Å². The van der Waals surface area contributed by atoms with Gasteiger partial charge in [-0.3, -0.25) is 4.79 Å². The number of morpholine rings is 1. The fourth-order valence-corrected chi connectivity index (χ4v) is 2.52. The molecule has 7 heteroatoms. The standard InChI is InChI=1S/C15H18N4O3/c1-11-2-3-14(19-16-4-5-17-19)13(8-11)15(21)18-6-7-22-12(9-18)10-20/h2-5,8,12,20H,6-7,9-10H2,1H3. The summed E-state index contributed by atoms with van der Waals surface area (Å²) in [5.41, 5.74) is 2.19. The number of ether oxygens (including phenoxy) is 1. The molecule has 1 amide bonds. The summed E-state index contributed by atoms with van der Waals surface area (Å²) in [7, 11) is 0.